The summed E-state index contributed by atoms with van der Waals surface area (Å²) in [6, 6.07) is 1.98. The topological polar surface area (TPSA) is 17.1 Å². The molecule has 0 bridgehead atoms. The summed E-state index contributed by atoms with van der Waals surface area (Å²) >= 11 is 1.72. The standard InChI is InChI=1S/C10H12OS/c1-2-7-3-4-9-8(10(7)11)5-6-12-9/h5-7H,2-4H2,1H3. The molecule has 0 saturated heterocycles. The number of hydrogen-bond donors (Lipinski definition) is 0. The number of thiophene rings is 1. The largest absolute Gasteiger partial charge is 0.294 e. The molecule has 2 heteroatoms. The van der Waals surface area contributed by atoms with Crippen LogP contribution in [0.4, 0.5) is 0 Å². The van der Waals surface area contributed by atoms with E-state index in [1.165, 1.54) is 4.88 Å². The summed E-state index contributed by atoms with van der Waals surface area (Å²) in [7, 11) is 0. The summed E-state index contributed by atoms with van der Waals surface area (Å²) < 4.78 is 0. The molecule has 12 heavy (non-hydrogen) atoms. The zero-order chi connectivity index (χ0) is 8.55. The van der Waals surface area contributed by atoms with Crippen LogP contribution in [0.15, 0.2) is 11.4 Å². The van der Waals surface area contributed by atoms with Gasteiger partial charge in [-0.15, -0.1) is 11.3 Å². The van der Waals surface area contributed by atoms with Crippen LogP contribution in [-0.4, -0.2) is 5.78 Å². The van der Waals surface area contributed by atoms with Crippen LogP contribution in [0.3, 0.4) is 0 Å². The highest BCUT2D eigenvalue weighted by Crippen LogP contribution is 2.30. The Morgan fingerprint density at radius 1 is 1.67 bits per heavy atom. The molecule has 0 aliphatic heterocycles. The SMILES string of the molecule is CCC1CCc2sccc2C1=O. The predicted octanol–water partition coefficient (Wildman–Crippen LogP) is 2.90. The number of rotatable bonds is 1. The molecule has 0 radical (unpaired) electrons. The zero-order valence-corrected chi connectivity index (χ0v) is 7.99. The molecule has 1 aliphatic carbocycles. The highest BCUT2D eigenvalue weighted by molar-refractivity contribution is 7.10. The summed E-state index contributed by atoms with van der Waals surface area (Å²) in [5, 5.41) is 2.03. The van der Waals surface area contributed by atoms with Crippen molar-refractivity contribution < 1.29 is 4.79 Å². The van der Waals surface area contributed by atoms with Gasteiger partial charge >= 0.3 is 0 Å². The average Bonchev–Trinajstić information content (AvgIpc) is 2.53. The lowest BCUT2D eigenvalue weighted by molar-refractivity contribution is 0.0900. The van der Waals surface area contributed by atoms with E-state index in [4.69, 9.17) is 0 Å². The molecule has 1 atom stereocenters. The van der Waals surface area contributed by atoms with E-state index >= 15 is 0 Å². The maximum absolute atomic E-state index is 11.7. The molecule has 1 aromatic rings. The molecule has 64 valence electrons. The smallest absolute Gasteiger partial charge is 0.167 e. The molecular weight excluding hydrogens is 168 g/mol. The van der Waals surface area contributed by atoms with Crippen molar-refractivity contribution in [2.45, 2.75) is 26.2 Å². The molecule has 0 saturated carbocycles. The van der Waals surface area contributed by atoms with Gasteiger partial charge in [0.2, 0.25) is 0 Å². The van der Waals surface area contributed by atoms with Gasteiger partial charge in [0.15, 0.2) is 5.78 Å². The van der Waals surface area contributed by atoms with Gasteiger partial charge < -0.3 is 0 Å². The molecule has 0 N–H and O–H groups in total. The lowest BCUT2D eigenvalue weighted by atomic mass is 9.86. The second-order valence-corrected chi connectivity index (χ2v) is 4.27. The summed E-state index contributed by atoms with van der Waals surface area (Å²) in [5.41, 5.74) is 0.998. The molecule has 1 aliphatic rings. The van der Waals surface area contributed by atoms with Crippen molar-refractivity contribution in [3.05, 3.63) is 21.9 Å². The summed E-state index contributed by atoms with van der Waals surface area (Å²) in [6.07, 6.45) is 3.16. The molecule has 0 amide bonds. The minimum Gasteiger partial charge on any atom is -0.294 e. The fourth-order valence-corrected chi connectivity index (χ4v) is 2.70. The Bertz CT molecular complexity index is 301. The average molecular weight is 180 g/mol. The molecule has 2 rings (SSSR count). The number of carbonyl (C=O) groups is 1. The maximum atomic E-state index is 11.7. The van der Waals surface area contributed by atoms with Crippen molar-refractivity contribution in [3.8, 4) is 0 Å². The van der Waals surface area contributed by atoms with Crippen molar-refractivity contribution in [2.75, 3.05) is 0 Å². The highest BCUT2D eigenvalue weighted by atomic mass is 32.1. The second-order valence-electron chi connectivity index (χ2n) is 3.27. The fourth-order valence-electron chi connectivity index (χ4n) is 1.80. The van der Waals surface area contributed by atoms with Crippen LogP contribution in [0.1, 0.15) is 35.0 Å². The fraction of sp³-hybridized carbons (Fsp3) is 0.500. The van der Waals surface area contributed by atoms with Gasteiger partial charge in [0.05, 0.1) is 0 Å². The molecule has 0 spiro atoms. The van der Waals surface area contributed by atoms with E-state index in [1.54, 1.807) is 11.3 Å². The van der Waals surface area contributed by atoms with Gasteiger partial charge in [0.1, 0.15) is 0 Å². The number of Topliss-reactive ketones (excluding diaryl/α,β-unsaturated/α-hetero) is 1. The van der Waals surface area contributed by atoms with Crippen molar-refractivity contribution >= 4 is 17.1 Å². The Morgan fingerprint density at radius 2 is 2.50 bits per heavy atom. The Balaban J connectivity index is 2.35. The van der Waals surface area contributed by atoms with Gasteiger partial charge in [-0.05, 0) is 30.7 Å². The van der Waals surface area contributed by atoms with Crippen LogP contribution >= 0.6 is 11.3 Å². The van der Waals surface area contributed by atoms with Crippen LogP contribution in [0, 0.1) is 5.92 Å². The predicted molar refractivity (Wildman–Crippen MR) is 50.8 cm³/mol. The molecular formula is C10H12OS. The van der Waals surface area contributed by atoms with Gasteiger partial charge in [0.25, 0.3) is 0 Å². The van der Waals surface area contributed by atoms with Crippen LogP contribution in [0.25, 0.3) is 0 Å². The van der Waals surface area contributed by atoms with Crippen molar-refractivity contribution in [3.63, 3.8) is 0 Å². The van der Waals surface area contributed by atoms with Crippen LogP contribution in [0.5, 0.6) is 0 Å². The summed E-state index contributed by atoms with van der Waals surface area (Å²) in [5.74, 6) is 0.673. The van der Waals surface area contributed by atoms with Gasteiger partial charge in [-0.25, -0.2) is 0 Å². The van der Waals surface area contributed by atoms with Gasteiger partial charge in [0, 0.05) is 16.4 Å². The lowest BCUT2D eigenvalue weighted by Crippen LogP contribution is -2.20. The molecule has 1 aromatic heterocycles. The summed E-state index contributed by atoms with van der Waals surface area (Å²) in [4.78, 5) is 13.0. The van der Waals surface area contributed by atoms with Crippen molar-refractivity contribution in [2.24, 2.45) is 5.92 Å². The molecule has 1 unspecified atom stereocenters. The number of ketones is 1. The molecule has 1 nitrogen and oxygen atoms in total. The van der Waals surface area contributed by atoms with E-state index in [1.807, 2.05) is 11.4 Å². The Morgan fingerprint density at radius 3 is 3.25 bits per heavy atom. The first-order chi connectivity index (χ1) is 5.83. The van der Waals surface area contributed by atoms with E-state index in [-0.39, 0.29) is 0 Å². The van der Waals surface area contributed by atoms with E-state index in [0.717, 1.165) is 24.8 Å². The number of carbonyl (C=O) groups excluding carboxylic acids is 1. The van der Waals surface area contributed by atoms with E-state index in [9.17, 15) is 4.79 Å². The van der Waals surface area contributed by atoms with E-state index < -0.39 is 0 Å². The zero-order valence-electron chi connectivity index (χ0n) is 7.17. The first-order valence-electron chi connectivity index (χ1n) is 4.43. The number of fused-ring (bicyclic) bond motifs is 1. The van der Waals surface area contributed by atoms with Crippen LogP contribution in [-0.2, 0) is 6.42 Å². The maximum Gasteiger partial charge on any atom is 0.167 e. The second kappa shape index (κ2) is 3.02. The van der Waals surface area contributed by atoms with Gasteiger partial charge in [-0.1, -0.05) is 6.92 Å². The number of aryl methyl sites for hydroxylation is 1. The third-order valence-electron chi connectivity index (χ3n) is 2.59. The third-order valence-corrected chi connectivity index (χ3v) is 3.58. The first-order valence-corrected chi connectivity index (χ1v) is 5.31. The van der Waals surface area contributed by atoms with Crippen molar-refractivity contribution in [1.82, 2.24) is 0 Å². The molecule has 0 aromatic carbocycles. The molecule has 0 fully saturated rings. The van der Waals surface area contributed by atoms with Crippen LogP contribution in [0.2, 0.25) is 0 Å². The van der Waals surface area contributed by atoms with Gasteiger partial charge in [-0.3, -0.25) is 4.79 Å². The minimum absolute atomic E-state index is 0.298. The normalized spacial score (nSPS) is 22.4. The van der Waals surface area contributed by atoms with Crippen LogP contribution < -0.4 is 0 Å². The molecule has 1 heterocycles. The monoisotopic (exact) mass is 180 g/mol. The quantitative estimate of drug-likeness (QED) is 0.649. The van der Waals surface area contributed by atoms with Crippen molar-refractivity contribution in [1.29, 1.82) is 0 Å². The minimum atomic E-state index is 0.298. The Kier molecular flexibility index (Phi) is 2.01. The first kappa shape index (κ1) is 7.99. The summed E-state index contributed by atoms with van der Waals surface area (Å²) in [6.45, 7) is 2.10. The van der Waals surface area contributed by atoms with E-state index in [0.29, 0.717) is 11.7 Å². The Hall–Kier alpha value is -0.630. The number of hydrogen-bond acceptors (Lipinski definition) is 2. The highest BCUT2D eigenvalue weighted by Gasteiger charge is 2.26. The van der Waals surface area contributed by atoms with E-state index in [2.05, 4.69) is 6.92 Å². The lowest BCUT2D eigenvalue weighted by Gasteiger charge is -2.18. The van der Waals surface area contributed by atoms with Gasteiger partial charge in [-0.2, -0.15) is 0 Å². The Labute approximate surface area is 76.4 Å². The third kappa shape index (κ3) is 1.11.